The fourth-order valence-electron chi connectivity index (χ4n) is 4.11. The second kappa shape index (κ2) is 7.71. The van der Waals surface area contributed by atoms with Crippen molar-refractivity contribution in [1.82, 2.24) is 9.55 Å². The zero-order chi connectivity index (χ0) is 21.7. The Morgan fingerprint density at radius 2 is 1.34 bits per heavy atom. The Labute approximate surface area is 200 Å². The number of aromatic nitrogens is 2. The van der Waals surface area contributed by atoms with Crippen LogP contribution in [0.4, 0.5) is 0 Å². The fourth-order valence-corrected chi connectivity index (χ4v) is 5.85. The molecule has 0 saturated carbocycles. The Bertz CT molecular complexity index is 1500. The lowest BCUT2D eigenvalue weighted by Gasteiger charge is -2.08. The van der Waals surface area contributed by atoms with Gasteiger partial charge < -0.3 is 0 Å². The summed E-state index contributed by atoms with van der Waals surface area (Å²) in [6.07, 6.45) is 2.12. The number of rotatable bonds is 3. The number of benzene rings is 3. The van der Waals surface area contributed by atoms with E-state index in [1.165, 1.54) is 0 Å². The van der Waals surface area contributed by atoms with Gasteiger partial charge in [-0.15, -0.1) is 11.3 Å². The van der Waals surface area contributed by atoms with Crippen molar-refractivity contribution in [1.29, 1.82) is 0 Å². The maximum absolute atomic E-state index is 5.80. The Balaban J connectivity index is 1.55. The number of hydrogen-bond acceptors (Lipinski definition) is 4. The summed E-state index contributed by atoms with van der Waals surface area (Å²) in [4.78, 5) is 6.64. The molecule has 2 aromatic heterocycles. The normalized spacial score (nSPS) is 13.1. The van der Waals surface area contributed by atoms with Crippen molar-refractivity contribution < 1.29 is 0 Å². The summed E-state index contributed by atoms with van der Waals surface area (Å²) in [7, 11) is 0. The van der Waals surface area contributed by atoms with Crippen LogP contribution in [-0.2, 0) is 0 Å². The number of para-hydroxylation sites is 1. The van der Waals surface area contributed by atoms with Crippen LogP contribution in [0.25, 0.3) is 32.7 Å². The van der Waals surface area contributed by atoms with Crippen molar-refractivity contribution in [2.75, 3.05) is 0 Å². The van der Waals surface area contributed by atoms with Crippen LogP contribution in [0.2, 0.25) is 0 Å². The summed E-state index contributed by atoms with van der Waals surface area (Å²) in [6, 6.07) is 30.9. The lowest BCUT2D eigenvalue weighted by Crippen LogP contribution is -2.02. The van der Waals surface area contributed by atoms with Gasteiger partial charge in [0.2, 0.25) is 0 Å². The Hall–Kier alpha value is -3.25. The highest BCUT2D eigenvalue weighted by atomic mass is 32.1. The maximum Gasteiger partial charge on any atom is 0.156 e. The van der Waals surface area contributed by atoms with Crippen LogP contribution in [0.1, 0.15) is 16.8 Å². The molecule has 2 nitrogen and oxygen atoms in total. The third kappa shape index (κ3) is 3.09. The number of thiocarbonyl (C=S) groups is 2. The van der Waals surface area contributed by atoms with Gasteiger partial charge in [0.05, 0.1) is 14.4 Å². The van der Waals surface area contributed by atoms with Gasteiger partial charge in [0, 0.05) is 33.6 Å². The minimum Gasteiger partial charge on any atom is -0.294 e. The van der Waals surface area contributed by atoms with Crippen LogP contribution >= 0.6 is 35.8 Å². The molecule has 5 aromatic rings. The van der Waals surface area contributed by atoms with Crippen LogP contribution in [0.15, 0.2) is 96.6 Å². The molecule has 0 atom stereocenters. The predicted octanol–water partition coefficient (Wildman–Crippen LogP) is 7.29. The van der Waals surface area contributed by atoms with Gasteiger partial charge in [0.25, 0.3) is 0 Å². The standard InChI is InChI=1S/C27H16N2S3/c30-24-20-13-7-8-14-21(20)25(31)22(24)15-19-16-23-26(29(19)18-11-5-2-6-12-18)28-27(32-23)17-9-3-1-4-10-17/h1-16H. The zero-order valence-corrected chi connectivity index (χ0v) is 19.3. The highest BCUT2D eigenvalue weighted by molar-refractivity contribution is 7.84. The molecule has 2 heterocycles. The number of hydrogen-bond donors (Lipinski definition) is 0. The van der Waals surface area contributed by atoms with Gasteiger partial charge in [0.15, 0.2) is 5.65 Å². The summed E-state index contributed by atoms with van der Waals surface area (Å²) >= 11 is 13.3. The van der Waals surface area contributed by atoms with Crippen molar-refractivity contribution in [3.63, 3.8) is 0 Å². The van der Waals surface area contributed by atoms with E-state index in [2.05, 4.69) is 41.0 Å². The van der Waals surface area contributed by atoms with Gasteiger partial charge in [0.1, 0.15) is 5.01 Å². The van der Waals surface area contributed by atoms with Gasteiger partial charge in [-0.3, -0.25) is 4.57 Å². The summed E-state index contributed by atoms with van der Waals surface area (Å²) in [5.41, 5.74) is 7.18. The monoisotopic (exact) mass is 464 g/mol. The van der Waals surface area contributed by atoms with Crippen LogP contribution in [0.3, 0.4) is 0 Å². The molecule has 152 valence electrons. The zero-order valence-electron chi connectivity index (χ0n) is 16.9. The molecule has 1 aliphatic carbocycles. The van der Waals surface area contributed by atoms with E-state index in [4.69, 9.17) is 29.4 Å². The van der Waals surface area contributed by atoms with Crippen LogP contribution in [0, 0.1) is 0 Å². The SMILES string of the molecule is S=C1C(=Cc2cc3sc(-c4ccccc4)nc3n2-c2ccccc2)C(=S)c2ccccc21. The highest BCUT2D eigenvalue weighted by Crippen LogP contribution is 2.36. The van der Waals surface area contributed by atoms with Crippen molar-refractivity contribution in [3.8, 4) is 16.3 Å². The number of thiazole rings is 1. The van der Waals surface area contributed by atoms with E-state index in [1.54, 1.807) is 11.3 Å². The van der Waals surface area contributed by atoms with E-state index < -0.39 is 0 Å². The molecule has 0 unspecified atom stereocenters. The first-order chi connectivity index (χ1) is 15.7. The first-order valence-corrected chi connectivity index (χ1v) is 11.9. The molecule has 0 fully saturated rings. The molecule has 1 aliphatic rings. The molecule has 32 heavy (non-hydrogen) atoms. The van der Waals surface area contributed by atoms with E-state index in [1.807, 2.05) is 60.7 Å². The topological polar surface area (TPSA) is 17.8 Å². The van der Waals surface area contributed by atoms with E-state index in [-0.39, 0.29) is 0 Å². The molecular weight excluding hydrogens is 449 g/mol. The molecule has 6 rings (SSSR count). The van der Waals surface area contributed by atoms with Crippen LogP contribution in [0.5, 0.6) is 0 Å². The average Bonchev–Trinajstić information content (AvgIpc) is 3.47. The number of allylic oxidation sites excluding steroid dienone is 1. The summed E-state index contributed by atoms with van der Waals surface area (Å²) in [5, 5.41) is 1.01. The predicted molar refractivity (Wildman–Crippen MR) is 142 cm³/mol. The summed E-state index contributed by atoms with van der Waals surface area (Å²) < 4.78 is 3.33. The van der Waals surface area contributed by atoms with E-state index in [9.17, 15) is 0 Å². The van der Waals surface area contributed by atoms with Crippen molar-refractivity contribution in [3.05, 3.63) is 113 Å². The van der Waals surface area contributed by atoms with Gasteiger partial charge >= 0.3 is 0 Å². The smallest absolute Gasteiger partial charge is 0.156 e. The van der Waals surface area contributed by atoms with E-state index in [0.29, 0.717) is 0 Å². The van der Waals surface area contributed by atoms with Gasteiger partial charge in [-0.2, -0.15) is 0 Å². The average molecular weight is 465 g/mol. The quantitative estimate of drug-likeness (QED) is 0.206. The lowest BCUT2D eigenvalue weighted by molar-refractivity contribution is 1.08. The minimum atomic E-state index is 0.813. The first-order valence-electron chi connectivity index (χ1n) is 10.2. The molecule has 0 bridgehead atoms. The fraction of sp³-hybridized carbons (Fsp3) is 0. The highest BCUT2D eigenvalue weighted by Gasteiger charge is 2.27. The van der Waals surface area contributed by atoms with Crippen molar-refractivity contribution >= 4 is 61.9 Å². The van der Waals surface area contributed by atoms with E-state index in [0.717, 1.165) is 58.7 Å². The lowest BCUT2D eigenvalue weighted by atomic mass is 10.1. The Kier molecular flexibility index (Phi) is 4.68. The second-order valence-corrected chi connectivity index (χ2v) is 9.42. The Morgan fingerprint density at radius 3 is 2.00 bits per heavy atom. The van der Waals surface area contributed by atoms with Crippen LogP contribution < -0.4 is 0 Å². The summed E-state index contributed by atoms with van der Waals surface area (Å²) in [6.45, 7) is 0. The molecule has 5 heteroatoms. The summed E-state index contributed by atoms with van der Waals surface area (Å²) in [5.74, 6) is 0. The third-order valence-corrected chi connectivity index (χ3v) is 7.54. The first kappa shape index (κ1) is 19.4. The number of nitrogens with zero attached hydrogens (tertiary/aromatic N) is 2. The van der Waals surface area contributed by atoms with Gasteiger partial charge in [-0.05, 0) is 24.3 Å². The molecule has 0 amide bonds. The number of fused-ring (bicyclic) bond motifs is 2. The second-order valence-electron chi connectivity index (χ2n) is 7.57. The van der Waals surface area contributed by atoms with Crippen molar-refractivity contribution in [2.24, 2.45) is 0 Å². The third-order valence-electron chi connectivity index (χ3n) is 5.62. The molecular formula is C27H16N2S3. The van der Waals surface area contributed by atoms with Crippen LogP contribution in [-0.4, -0.2) is 19.3 Å². The molecule has 0 radical (unpaired) electrons. The van der Waals surface area contributed by atoms with Crippen molar-refractivity contribution in [2.45, 2.75) is 0 Å². The molecule has 0 saturated heterocycles. The molecule has 3 aromatic carbocycles. The molecule has 0 aliphatic heterocycles. The minimum absolute atomic E-state index is 0.813. The molecule has 0 N–H and O–H groups in total. The van der Waals surface area contributed by atoms with E-state index >= 15 is 0 Å². The van der Waals surface area contributed by atoms with Gasteiger partial charge in [-0.25, -0.2) is 4.98 Å². The maximum atomic E-state index is 5.80. The molecule has 0 spiro atoms. The van der Waals surface area contributed by atoms with Gasteiger partial charge in [-0.1, -0.05) is 97.2 Å². The largest absolute Gasteiger partial charge is 0.294 e. The Morgan fingerprint density at radius 1 is 0.750 bits per heavy atom.